The molecule has 2 rings (SSSR count). The number of anilines is 1. The SMILES string of the molecule is CC(C)NC(=O)c1ccc(NC(=O)C2CNCCO2)cc1.Cl. The molecule has 0 aromatic heterocycles. The lowest BCUT2D eigenvalue weighted by Crippen LogP contribution is -2.45. The maximum atomic E-state index is 12.0. The molecule has 2 amide bonds. The molecule has 0 bridgehead atoms. The van der Waals surface area contributed by atoms with Crippen LogP contribution in [0.3, 0.4) is 0 Å². The average Bonchev–Trinajstić information content (AvgIpc) is 2.48. The van der Waals surface area contributed by atoms with Crippen molar-refractivity contribution in [3.05, 3.63) is 29.8 Å². The second kappa shape index (κ2) is 8.73. The Labute approximate surface area is 136 Å². The maximum absolute atomic E-state index is 12.0. The number of amides is 2. The van der Waals surface area contributed by atoms with Crippen molar-refractivity contribution in [2.75, 3.05) is 25.0 Å². The van der Waals surface area contributed by atoms with Gasteiger partial charge in [-0.15, -0.1) is 12.4 Å². The molecule has 0 saturated carbocycles. The molecule has 1 fully saturated rings. The summed E-state index contributed by atoms with van der Waals surface area (Å²) in [6.07, 6.45) is -0.470. The summed E-state index contributed by atoms with van der Waals surface area (Å²) in [4.78, 5) is 23.8. The van der Waals surface area contributed by atoms with Gasteiger partial charge in [-0.05, 0) is 38.1 Å². The minimum Gasteiger partial charge on any atom is -0.366 e. The van der Waals surface area contributed by atoms with Gasteiger partial charge >= 0.3 is 0 Å². The molecule has 1 aromatic rings. The monoisotopic (exact) mass is 327 g/mol. The fraction of sp³-hybridized carbons (Fsp3) is 0.467. The zero-order valence-corrected chi connectivity index (χ0v) is 13.5. The first-order valence-electron chi connectivity index (χ1n) is 7.10. The van der Waals surface area contributed by atoms with Crippen LogP contribution < -0.4 is 16.0 Å². The Hall–Kier alpha value is -1.63. The van der Waals surface area contributed by atoms with E-state index in [-0.39, 0.29) is 30.3 Å². The third-order valence-electron chi connectivity index (χ3n) is 3.05. The summed E-state index contributed by atoms with van der Waals surface area (Å²) in [6, 6.07) is 6.89. The molecule has 3 N–H and O–H groups in total. The highest BCUT2D eigenvalue weighted by Crippen LogP contribution is 2.11. The van der Waals surface area contributed by atoms with E-state index in [2.05, 4.69) is 16.0 Å². The van der Waals surface area contributed by atoms with Crippen molar-refractivity contribution in [1.82, 2.24) is 10.6 Å². The van der Waals surface area contributed by atoms with Crippen LogP contribution in [0, 0.1) is 0 Å². The Morgan fingerprint density at radius 2 is 1.95 bits per heavy atom. The van der Waals surface area contributed by atoms with Gasteiger partial charge in [0.15, 0.2) is 0 Å². The largest absolute Gasteiger partial charge is 0.366 e. The second-order valence-corrected chi connectivity index (χ2v) is 5.26. The van der Waals surface area contributed by atoms with Gasteiger partial charge in [-0.25, -0.2) is 0 Å². The van der Waals surface area contributed by atoms with Crippen molar-refractivity contribution in [2.45, 2.75) is 26.0 Å². The molecule has 0 aliphatic carbocycles. The summed E-state index contributed by atoms with van der Waals surface area (Å²) in [6.45, 7) is 5.63. The van der Waals surface area contributed by atoms with E-state index in [1.807, 2.05) is 13.8 Å². The fourth-order valence-corrected chi connectivity index (χ4v) is 2.01. The van der Waals surface area contributed by atoms with Crippen LogP contribution in [-0.4, -0.2) is 43.7 Å². The Bertz CT molecular complexity index is 499. The Kier molecular flexibility index (Phi) is 7.31. The van der Waals surface area contributed by atoms with Crippen LogP contribution in [0.5, 0.6) is 0 Å². The number of carbonyl (C=O) groups is 2. The lowest BCUT2D eigenvalue weighted by atomic mass is 10.1. The number of ether oxygens (including phenoxy) is 1. The van der Waals surface area contributed by atoms with Crippen molar-refractivity contribution < 1.29 is 14.3 Å². The quantitative estimate of drug-likeness (QED) is 0.775. The molecule has 0 radical (unpaired) electrons. The molecule has 122 valence electrons. The first-order valence-corrected chi connectivity index (χ1v) is 7.10. The number of morpholine rings is 1. The zero-order chi connectivity index (χ0) is 15.2. The van der Waals surface area contributed by atoms with Gasteiger partial charge in [-0.2, -0.15) is 0 Å². The van der Waals surface area contributed by atoms with E-state index in [9.17, 15) is 9.59 Å². The standard InChI is InChI=1S/C15H21N3O3.ClH/c1-10(2)17-14(19)11-3-5-12(6-4-11)18-15(20)13-9-16-7-8-21-13;/h3-6,10,13,16H,7-9H2,1-2H3,(H,17,19)(H,18,20);1H. The van der Waals surface area contributed by atoms with Crippen LogP contribution in [0.15, 0.2) is 24.3 Å². The fourth-order valence-electron chi connectivity index (χ4n) is 2.01. The molecular formula is C15H22ClN3O3. The Morgan fingerprint density at radius 1 is 1.27 bits per heavy atom. The van der Waals surface area contributed by atoms with Crippen LogP contribution >= 0.6 is 12.4 Å². The second-order valence-electron chi connectivity index (χ2n) is 5.26. The highest BCUT2D eigenvalue weighted by Gasteiger charge is 2.21. The van der Waals surface area contributed by atoms with E-state index >= 15 is 0 Å². The Balaban J connectivity index is 0.00000242. The number of hydrogen-bond acceptors (Lipinski definition) is 4. The molecule has 1 aliphatic heterocycles. The van der Waals surface area contributed by atoms with E-state index in [4.69, 9.17) is 4.74 Å². The molecule has 1 atom stereocenters. The summed E-state index contributed by atoms with van der Waals surface area (Å²) >= 11 is 0. The smallest absolute Gasteiger partial charge is 0.254 e. The van der Waals surface area contributed by atoms with Crippen molar-refractivity contribution in [3.8, 4) is 0 Å². The molecule has 22 heavy (non-hydrogen) atoms. The van der Waals surface area contributed by atoms with Crippen LogP contribution in [-0.2, 0) is 9.53 Å². The molecule has 1 aliphatic rings. The molecule has 1 unspecified atom stereocenters. The topological polar surface area (TPSA) is 79.5 Å². The van der Waals surface area contributed by atoms with Crippen LogP contribution in [0.25, 0.3) is 0 Å². The van der Waals surface area contributed by atoms with Gasteiger partial charge in [0.1, 0.15) is 6.10 Å². The maximum Gasteiger partial charge on any atom is 0.254 e. The summed E-state index contributed by atoms with van der Waals surface area (Å²) in [7, 11) is 0. The van der Waals surface area contributed by atoms with Gasteiger partial charge in [-0.3, -0.25) is 9.59 Å². The summed E-state index contributed by atoms with van der Waals surface area (Å²) in [5.74, 6) is -0.302. The van der Waals surface area contributed by atoms with Gasteiger partial charge in [0.2, 0.25) is 0 Å². The molecule has 0 spiro atoms. The summed E-state index contributed by atoms with van der Waals surface area (Å²) in [5.41, 5.74) is 1.22. The van der Waals surface area contributed by atoms with Crippen molar-refractivity contribution >= 4 is 29.9 Å². The number of benzene rings is 1. The lowest BCUT2D eigenvalue weighted by Gasteiger charge is -2.22. The van der Waals surface area contributed by atoms with Crippen LogP contribution in [0.1, 0.15) is 24.2 Å². The minimum absolute atomic E-state index is 0. The van der Waals surface area contributed by atoms with Crippen LogP contribution in [0.2, 0.25) is 0 Å². The molecular weight excluding hydrogens is 306 g/mol. The summed E-state index contributed by atoms with van der Waals surface area (Å²) < 4.78 is 5.38. The highest BCUT2D eigenvalue weighted by molar-refractivity contribution is 5.97. The first kappa shape index (κ1) is 18.4. The van der Waals surface area contributed by atoms with Gasteiger partial charge in [-0.1, -0.05) is 0 Å². The lowest BCUT2D eigenvalue weighted by molar-refractivity contribution is -0.128. The predicted octanol–water partition coefficient (Wildman–Crippen LogP) is 1.17. The van der Waals surface area contributed by atoms with E-state index in [0.29, 0.717) is 24.4 Å². The summed E-state index contributed by atoms with van der Waals surface area (Å²) in [5, 5.41) is 8.70. The third kappa shape index (κ3) is 5.29. The average molecular weight is 328 g/mol. The van der Waals surface area contributed by atoms with Crippen molar-refractivity contribution in [1.29, 1.82) is 0 Å². The molecule has 7 heteroatoms. The number of carbonyl (C=O) groups excluding carboxylic acids is 2. The van der Waals surface area contributed by atoms with Crippen LogP contribution in [0.4, 0.5) is 5.69 Å². The predicted molar refractivity (Wildman–Crippen MR) is 87.5 cm³/mol. The van der Waals surface area contributed by atoms with E-state index in [1.54, 1.807) is 24.3 Å². The Morgan fingerprint density at radius 3 is 2.50 bits per heavy atom. The van der Waals surface area contributed by atoms with Gasteiger partial charge in [0, 0.05) is 30.4 Å². The van der Waals surface area contributed by atoms with Gasteiger partial charge < -0.3 is 20.7 Å². The van der Waals surface area contributed by atoms with Crippen molar-refractivity contribution in [3.63, 3.8) is 0 Å². The third-order valence-corrected chi connectivity index (χ3v) is 3.05. The molecule has 1 aromatic carbocycles. The molecule has 1 saturated heterocycles. The van der Waals surface area contributed by atoms with Gasteiger partial charge in [0.25, 0.3) is 11.8 Å². The van der Waals surface area contributed by atoms with Gasteiger partial charge in [0.05, 0.1) is 6.61 Å². The van der Waals surface area contributed by atoms with E-state index < -0.39 is 6.10 Å². The highest BCUT2D eigenvalue weighted by atomic mass is 35.5. The van der Waals surface area contributed by atoms with E-state index in [0.717, 1.165) is 6.54 Å². The minimum atomic E-state index is -0.470. The number of hydrogen-bond donors (Lipinski definition) is 3. The normalized spacial score (nSPS) is 17.5. The number of halogens is 1. The zero-order valence-electron chi connectivity index (χ0n) is 12.7. The first-order chi connectivity index (χ1) is 10.1. The molecule has 6 nitrogen and oxygen atoms in total. The number of rotatable bonds is 4. The van der Waals surface area contributed by atoms with Crippen molar-refractivity contribution in [2.24, 2.45) is 0 Å². The van der Waals surface area contributed by atoms with E-state index in [1.165, 1.54) is 0 Å². The molecule has 1 heterocycles. The number of nitrogens with one attached hydrogen (secondary N) is 3.